The molecule has 1 aromatic heterocycles. The molecular formula is C20H19ClN4O. The lowest BCUT2D eigenvalue weighted by Crippen LogP contribution is -2.22. The number of hydrazone groups is 1. The zero-order valence-electron chi connectivity index (χ0n) is 14.6. The van der Waals surface area contributed by atoms with Gasteiger partial charge in [0, 0.05) is 0 Å². The molecular weight excluding hydrogens is 348 g/mol. The lowest BCUT2D eigenvalue weighted by molar-refractivity contribution is 0.807. The van der Waals surface area contributed by atoms with Crippen molar-refractivity contribution in [3.05, 3.63) is 87.8 Å². The smallest absolute Gasteiger partial charge is 0.275 e. The predicted molar refractivity (Wildman–Crippen MR) is 106 cm³/mol. The predicted octanol–water partition coefficient (Wildman–Crippen LogP) is 4.36. The van der Waals surface area contributed by atoms with Gasteiger partial charge >= 0.3 is 0 Å². The maximum absolute atomic E-state index is 12.5. The minimum atomic E-state index is -0.399. The standard InChI is InChI=1S/C20H19ClN4O/c1-14(2)19(15-9-5-3-6-10-15)24-23-17-13-22-25(20(26)18(17)21)16-11-7-4-8-12-16/h3-14,23H,1-2H3. The summed E-state index contributed by atoms with van der Waals surface area (Å²) in [6, 6.07) is 19.0. The summed E-state index contributed by atoms with van der Waals surface area (Å²) in [7, 11) is 0. The Kier molecular flexibility index (Phi) is 5.49. The quantitative estimate of drug-likeness (QED) is 0.539. The molecule has 0 saturated carbocycles. The van der Waals surface area contributed by atoms with Crippen LogP contribution in [-0.4, -0.2) is 15.5 Å². The maximum Gasteiger partial charge on any atom is 0.292 e. The molecule has 3 rings (SSSR count). The van der Waals surface area contributed by atoms with Crippen molar-refractivity contribution in [3.63, 3.8) is 0 Å². The number of hydrogen-bond donors (Lipinski definition) is 1. The molecule has 0 aliphatic rings. The topological polar surface area (TPSA) is 59.3 Å². The van der Waals surface area contributed by atoms with Crippen molar-refractivity contribution in [2.75, 3.05) is 5.43 Å². The highest BCUT2D eigenvalue weighted by atomic mass is 35.5. The maximum atomic E-state index is 12.5. The summed E-state index contributed by atoms with van der Waals surface area (Å²) >= 11 is 6.25. The first-order chi connectivity index (χ1) is 12.6. The van der Waals surface area contributed by atoms with E-state index in [0.717, 1.165) is 11.3 Å². The number of para-hydroxylation sites is 1. The molecule has 0 radical (unpaired) electrons. The van der Waals surface area contributed by atoms with Gasteiger partial charge in [-0.15, -0.1) is 0 Å². The molecule has 132 valence electrons. The minimum Gasteiger partial charge on any atom is -0.275 e. The van der Waals surface area contributed by atoms with Crippen LogP contribution in [0, 0.1) is 5.92 Å². The summed E-state index contributed by atoms with van der Waals surface area (Å²) in [5, 5.41) is 8.70. The van der Waals surface area contributed by atoms with Gasteiger partial charge in [0.1, 0.15) is 10.7 Å². The molecule has 6 heteroatoms. The first kappa shape index (κ1) is 17.9. The van der Waals surface area contributed by atoms with Gasteiger partial charge in [-0.05, 0) is 23.6 Å². The van der Waals surface area contributed by atoms with Crippen LogP contribution in [0.25, 0.3) is 5.69 Å². The molecule has 0 aliphatic heterocycles. The molecule has 0 fully saturated rings. The highest BCUT2D eigenvalue weighted by Gasteiger charge is 2.12. The second-order valence-corrected chi connectivity index (χ2v) is 6.43. The zero-order valence-corrected chi connectivity index (χ0v) is 15.3. The highest BCUT2D eigenvalue weighted by molar-refractivity contribution is 6.33. The number of benzene rings is 2. The van der Waals surface area contributed by atoms with Crippen molar-refractivity contribution in [1.29, 1.82) is 0 Å². The molecule has 1 heterocycles. The summed E-state index contributed by atoms with van der Waals surface area (Å²) < 4.78 is 1.26. The third-order valence-corrected chi connectivity index (χ3v) is 4.20. The van der Waals surface area contributed by atoms with Crippen LogP contribution in [0.2, 0.25) is 5.02 Å². The number of halogens is 1. The molecule has 2 aromatic carbocycles. The summed E-state index contributed by atoms with van der Waals surface area (Å²) in [4.78, 5) is 12.5. The lowest BCUT2D eigenvalue weighted by Gasteiger charge is -2.12. The van der Waals surface area contributed by atoms with Crippen molar-refractivity contribution in [1.82, 2.24) is 9.78 Å². The Hall–Kier alpha value is -2.92. The van der Waals surface area contributed by atoms with E-state index in [9.17, 15) is 4.79 Å². The number of anilines is 1. The average molecular weight is 367 g/mol. The third-order valence-electron chi connectivity index (χ3n) is 3.83. The Labute approximate surface area is 157 Å². The van der Waals surface area contributed by atoms with Gasteiger partial charge in [-0.1, -0.05) is 74.0 Å². The summed E-state index contributed by atoms with van der Waals surface area (Å²) in [6.45, 7) is 4.11. The van der Waals surface area contributed by atoms with Crippen LogP contribution >= 0.6 is 11.6 Å². The number of nitrogens with zero attached hydrogens (tertiary/aromatic N) is 3. The molecule has 3 aromatic rings. The molecule has 0 amide bonds. The second-order valence-electron chi connectivity index (χ2n) is 6.05. The van der Waals surface area contributed by atoms with Crippen LogP contribution < -0.4 is 11.0 Å². The molecule has 0 atom stereocenters. The zero-order chi connectivity index (χ0) is 18.5. The van der Waals surface area contributed by atoms with Crippen LogP contribution in [0.4, 0.5) is 5.69 Å². The van der Waals surface area contributed by atoms with Crippen molar-refractivity contribution >= 4 is 23.0 Å². The van der Waals surface area contributed by atoms with Gasteiger partial charge in [0.2, 0.25) is 0 Å². The van der Waals surface area contributed by atoms with Crippen LogP contribution in [0.5, 0.6) is 0 Å². The Morgan fingerprint density at radius 2 is 1.69 bits per heavy atom. The molecule has 1 N–H and O–H groups in total. The van der Waals surface area contributed by atoms with Crippen molar-refractivity contribution < 1.29 is 0 Å². The molecule has 0 spiro atoms. The van der Waals surface area contributed by atoms with Crippen molar-refractivity contribution in [2.24, 2.45) is 11.0 Å². The normalized spacial score (nSPS) is 11.6. The number of aromatic nitrogens is 2. The number of rotatable bonds is 5. The average Bonchev–Trinajstić information content (AvgIpc) is 2.66. The van der Waals surface area contributed by atoms with E-state index in [1.165, 1.54) is 10.9 Å². The van der Waals surface area contributed by atoms with Crippen LogP contribution in [-0.2, 0) is 0 Å². The van der Waals surface area contributed by atoms with Gasteiger partial charge in [0.05, 0.1) is 17.6 Å². The second kappa shape index (κ2) is 7.97. The van der Waals surface area contributed by atoms with E-state index in [4.69, 9.17) is 11.6 Å². The monoisotopic (exact) mass is 366 g/mol. The van der Waals surface area contributed by atoms with Gasteiger partial charge in [0.15, 0.2) is 0 Å². The summed E-state index contributed by atoms with van der Waals surface area (Å²) in [5.74, 6) is 0.196. The largest absolute Gasteiger partial charge is 0.292 e. The Balaban J connectivity index is 1.93. The van der Waals surface area contributed by atoms with Gasteiger partial charge in [-0.3, -0.25) is 10.2 Å². The van der Waals surface area contributed by atoms with E-state index in [-0.39, 0.29) is 10.9 Å². The third kappa shape index (κ3) is 3.83. The molecule has 0 bridgehead atoms. The van der Waals surface area contributed by atoms with E-state index in [1.807, 2.05) is 48.5 Å². The van der Waals surface area contributed by atoms with Gasteiger partial charge in [-0.25, -0.2) is 0 Å². The van der Waals surface area contributed by atoms with Gasteiger partial charge in [0.25, 0.3) is 5.56 Å². The fraction of sp³-hybridized carbons (Fsp3) is 0.150. The Bertz CT molecular complexity index is 966. The Morgan fingerprint density at radius 1 is 1.08 bits per heavy atom. The fourth-order valence-corrected chi connectivity index (χ4v) is 2.69. The molecule has 0 aliphatic carbocycles. The number of nitrogens with one attached hydrogen (secondary N) is 1. The fourth-order valence-electron chi connectivity index (χ4n) is 2.52. The van der Waals surface area contributed by atoms with Gasteiger partial charge in [-0.2, -0.15) is 14.9 Å². The van der Waals surface area contributed by atoms with Crippen molar-refractivity contribution in [3.8, 4) is 5.69 Å². The number of hydrogen-bond acceptors (Lipinski definition) is 4. The Morgan fingerprint density at radius 3 is 2.31 bits per heavy atom. The van der Waals surface area contributed by atoms with E-state index >= 15 is 0 Å². The lowest BCUT2D eigenvalue weighted by atomic mass is 10.0. The summed E-state index contributed by atoms with van der Waals surface area (Å²) in [6.07, 6.45) is 1.50. The first-order valence-corrected chi connectivity index (χ1v) is 8.68. The van der Waals surface area contributed by atoms with Crippen molar-refractivity contribution in [2.45, 2.75) is 13.8 Å². The summed E-state index contributed by atoms with van der Waals surface area (Å²) in [5.41, 5.74) is 5.40. The van der Waals surface area contributed by atoms with Crippen LogP contribution in [0.3, 0.4) is 0 Å². The van der Waals surface area contributed by atoms with E-state index in [1.54, 1.807) is 12.1 Å². The molecule has 5 nitrogen and oxygen atoms in total. The minimum absolute atomic E-state index is 0.0452. The van der Waals surface area contributed by atoms with Crippen LogP contribution in [0.1, 0.15) is 19.4 Å². The SMILES string of the molecule is CC(C)C(=NNc1cnn(-c2ccccc2)c(=O)c1Cl)c1ccccc1. The van der Waals surface area contributed by atoms with Crippen LogP contribution in [0.15, 0.2) is 76.8 Å². The van der Waals surface area contributed by atoms with Gasteiger partial charge < -0.3 is 0 Å². The molecule has 0 saturated heterocycles. The van der Waals surface area contributed by atoms with E-state index in [2.05, 4.69) is 29.5 Å². The first-order valence-electron chi connectivity index (χ1n) is 8.30. The molecule has 26 heavy (non-hydrogen) atoms. The van der Waals surface area contributed by atoms with E-state index < -0.39 is 5.56 Å². The van der Waals surface area contributed by atoms with E-state index in [0.29, 0.717) is 11.4 Å². The highest BCUT2D eigenvalue weighted by Crippen LogP contribution is 2.18. The molecule has 0 unspecified atom stereocenters.